The number of carbonyl (C=O) groups is 1. The zero-order chi connectivity index (χ0) is 14.7. The van der Waals surface area contributed by atoms with Gasteiger partial charge in [0.05, 0.1) is 5.56 Å². The number of nitrogens with one attached hydrogen (secondary N) is 1. The Labute approximate surface area is 121 Å². The van der Waals surface area contributed by atoms with E-state index in [2.05, 4.69) is 0 Å². The van der Waals surface area contributed by atoms with Crippen LogP contribution in [0.2, 0.25) is 0 Å². The first-order valence-electron chi connectivity index (χ1n) is 6.46. The number of benzene rings is 2. The molecule has 3 aromatic rings. The molecule has 106 valence electrons. The summed E-state index contributed by atoms with van der Waals surface area (Å²) in [6.07, 6.45) is 1.35. The lowest BCUT2D eigenvalue weighted by molar-refractivity contribution is 0.0953. The van der Waals surface area contributed by atoms with Gasteiger partial charge in [0.2, 0.25) is 0 Å². The van der Waals surface area contributed by atoms with Gasteiger partial charge in [0.25, 0.3) is 5.91 Å². The van der Waals surface area contributed by atoms with Crippen molar-refractivity contribution in [2.24, 2.45) is 5.84 Å². The van der Waals surface area contributed by atoms with E-state index in [0.29, 0.717) is 11.3 Å². The lowest BCUT2D eigenvalue weighted by Gasteiger charge is -2.05. The molecule has 5 heteroatoms. The minimum atomic E-state index is -0.393. The monoisotopic (exact) mass is 282 g/mol. The Balaban J connectivity index is 1.71. The summed E-state index contributed by atoms with van der Waals surface area (Å²) >= 11 is 0. The molecule has 1 heterocycles. The van der Waals surface area contributed by atoms with Crippen molar-refractivity contribution in [3.05, 3.63) is 66.1 Å². The Morgan fingerprint density at radius 3 is 2.76 bits per heavy atom. The van der Waals surface area contributed by atoms with E-state index < -0.39 is 5.91 Å². The minimum absolute atomic E-state index is 0.246. The van der Waals surface area contributed by atoms with Crippen molar-refractivity contribution in [3.63, 3.8) is 0 Å². The van der Waals surface area contributed by atoms with E-state index in [1.807, 2.05) is 47.9 Å². The standard InChI is InChI=1S/C16H14N2O3/c17-18-16(19)13-8-15(20-9-13)10-21-14-6-5-11-3-1-2-4-12(11)7-14/h1-9H,10,17H2,(H,18,19). The highest BCUT2D eigenvalue weighted by Crippen LogP contribution is 2.21. The van der Waals surface area contributed by atoms with Gasteiger partial charge >= 0.3 is 0 Å². The average Bonchev–Trinajstić information content (AvgIpc) is 3.01. The van der Waals surface area contributed by atoms with E-state index in [9.17, 15) is 4.79 Å². The largest absolute Gasteiger partial charge is 0.486 e. The van der Waals surface area contributed by atoms with Crippen LogP contribution in [0.5, 0.6) is 5.75 Å². The summed E-state index contributed by atoms with van der Waals surface area (Å²) in [5, 5.41) is 2.27. The molecule has 21 heavy (non-hydrogen) atoms. The molecule has 0 atom stereocenters. The maximum atomic E-state index is 11.3. The molecule has 0 aliphatic carbocycles. The molecule has 0 aliphatic heterocycles. The van der Waals surface area contributed by atoms with Gasteiger partial charge in [-0.1, -0.05) is 30.3 Å². The Kier molecular flexibility index (Phi) is 3.57. The topological polar surface area (TPSA) is 77.5 Å². The number of hydrazine groups is 1. The quantitative estimate of drug-likeness (QED) is 0.438. The van der Waals surface area contributed by atoms with Crippen LogP contribution in [0.25, 0.3) is 10.8 Å². The summed E-state index contributed by atoms with van der Waals surface area (Å²) in [5.41, 5.74) is 2.42. The number of carbonyl (C=O) groups excluding carboxylic acids is 1. The second-order valence-electron chi connectivity index (χ2n) is 4.57. The molecule has 3 rings (SSSR count). The molecule has 0 spiro atoms. The predicted octanol–water partition coefficient (Wildman–Crippen LogP) is 2.62. The second kappa shape index (κ2) is 5.68. The Morgan fingerprint density at radius 1 is 1.14 bits per heavy atom. The lowest BCUT2D eigenvalue weighted by atomic mass is 10.1. The van der Waals surface area contributed by atoms with E-state index in [0.717, 1.165) is 16.5 Å². The second-order valence-corrected chi connectivity index (χ2v) is 4.57. The third-order valence-electron chi connectivity index (χ3n) is 3.15. The molecule has 3 N–H and O–H groups in total. The summed E-state index contributed by atoms with van der Waals surface area (Å²) in [4.78, 5) is 11.3. The summed E-state index contributed by atoms with van der Waals surface area (Å²) in [6, 6.07) is 15.5. The van der Waals surface area contributed by atoms with E-state index in [1.54, 1.807) is 6.07 Å². The molecule has 0 saturated carbocycles. The van der Waals surface area contributed by atoms with Crippen LogP contribution in [0.1, 0.15) is 16.1 Å². The third kappa shape index (κ3) is 2.88. The molecular weight excluding hydrogens is 268 g/mol. The summed E-state index contributed by atoms with van der Waals surface area (Å²) in [6.45, 7) is 0.246. The maximum Gasteiger partial charge on any atom is 0.268 e. The fourth-order valence-electron chi connectivity index (χ4n) is 2.07. The van der Waals surface area contributed by atoms with Crippen molar-refractivity contribution in [1.29, 1.82) is 0 Å². The van der Waals surface area contributed by atoms with Gasteiger partial charge in [-0.05, 0) is 29.0 Å². The third-order valence-corrected chi connectivity index (χ3v) is 3.15. The molecule has 5 nitrogen and oxygen atoms in total. The zero-order valence-electron chi connectivity index (χ0n) is 11.2. The Bertz CT molecular complexity index is 780. The smallest absolute Gasteiger partial charge is 0.268 e. The highest BCUT2D eigenvalue weighted by molar-refractivity contribution is 5.93. The van der Waals surface area contributed by atoms with Gasteiger partial charge in [-0.15, -0.1) is 0 Å². The number of amides is 1. The van der Waals surface area contributed by atoms with Crippen LogP contribution < -0.4 is 16.0 Å². The fraction of sp³-hybridized carbons (Fsp3) is 0.0625. The molecule has 0 unspecified atom stereocenters. The minimum Gasteiger partial charge on any atom is -0.486 e. The van der Waals surface area contributed by atoms with Crippen LogP contribution in [0, 0.1) is 0 Å². The van der Waals surface area contributed by atoms with Crippen LogP contribution in [0.15, 0.2) is 59.2 Å². The number of furan rings is 1. The lowest BCUT2D eigenvalue weighted by Crippen LogP contribution is -2.29. The predicted molar refractivity (Wildman–Crippen MR) is 78.6 cm³/mol. The zero-order valence-corrected chi connectivity index (χ0v) is 11.2. The SMILES string of the molecule is NNC(=O)c1coc(COc2ccc3ccccc3c2)c1. The number of hydrogen-bond acceptors (Lipinski definition) is 4. The molecule has 0 fully saturated rings. The number of fused-ring (bicyclic) bond motifs is 1. The van der Waals surface area contributed by atoms with E-state index in [1.165, 1.54) is 6.26 Å². The first kappa shape index (κ1) is 13.2. The number of nitrogen functional groups attached to an aromatic ring is 1. The molecule has 0 bridgehead atoms. The van der Waals surface area contributed by atoms with Crippen molar-refractivity contribution in [2.45, 2.75) is 6.61 Å². The van der Waals surface area contributed by atoms with Crippen LogP contribution in [0.3, 0.4) is 0 Å². The van der Waals surface area contributed by atoms with Crippen LogP contribution >= 0.6 is 0 Å². The maximum absolute atomic E-state index is 11.3. The van der Waals surface area contributed by atoms with Gasteiger partial charge in [0, 0.05) is 0 Å². The van der Waals surface area contributed by atoms with Gasteiger partial charge in [-0.3, -0.25) is 10.2 Å². The average molecular weight is 282 g/mol. The molecule has 0 radical (unpaired) electrons. The normalized spacial score (nSPS) is 10.5. The van der Waals surface area contributed by atoms with Crippen molar-refractivity contribution in [1.82, 2.24) is 5.43 Å². The van der Waals surface area contributed by atoms with E-state index in [4.69, 9.17) is 15.0 Å². The van der Waals surface area contributed by atoms with Gasteiger partial charge in [0.15, 0.2) is 0 Å². The molecular formula is C16H14N2O3. The van der Waals surface area contributed by atoms with Crippen LogP contribution in [-0.4, -0.2) is 5.91 Å². The Morgan fingerprint density at radius 2 is 1.95 bits per heavy atom. The number of hydrogen-bond donors (Lipinski definition) is 2. The summed E-state index contributed by atoms with van der Waals surface area (Å²) in [7, 11) is 0. The summed E-state index contributed by atoms with van der Waals surface area (Å²) < 4.78 is 10.9. The van der Waals surface area contributed by atoms with Crippen molar-refractivity contribution in [3.8, 4) is 5.75 Å². The number of ether oxygens (including phenoxy) is 1. The van der Waals surface area contributed by atoms with Gasteiger partial charge in [0.1, 0.15) is 24.4 Å². The van der Waals surface area contributed by atoms with Crippen LogP contribution in [0.4, 0.5) is 0 Å². The highest BCUT2D eigenvalue weighted by Gasteiger charge is 2.09. The summed E-state index contributed by atoms with van der Waals surface area (Å²) in [5.74, 6) is 5.97. The first-order valence-corrected chi connectivity index (χ1v) is 6.46. The van der Waals surface area contributed by atoms with E-state index in [-0.39, 0.29) is 6.61 Å². The first-order chi connectivity index (χ1) is 10.3. The van der Waals surface area contributed by atoms with Gasteiger partial charge < -0.3 is 9.15 Å². The van der Waals surface area contributed by atoms with Gasteiger partial charge in [-0.2, -0.15) is 0 Å². The highest BCUT2D eigenvalue weighted by atomic mass is 16.5. The molecule has 1 aromatic heterocycles. The van der Waals surface area contributed by atoms with Crippen molar-refractivity contribution >= 4 is 16.7 Å². The fourth-order valence-corrected chi connectivity index (χ4v) is 2.07. The van der Waals surface area contributed by atoms with Gasteiger partial charge in [-0.25, -0.2) is 5.84 Å². The number of nitrogens with two attached hydrogens (primary N) is 1. The van der Waals surface area contributed by atoms with Crippen molar-refractivity contribution in [2.75, 3.05) is 0 Å². The van der Waals surface area contributed by atoms with Crippen LogP contribution in [-0.2, 0) is 6.61 Å². The molecule has 0 aliphatic rings. The van der Waals surface area contributed by atoms with Crippen molar-refractivity contribution < 1.29 is 13.9 Å². The molecule has 1 amide bonds. The van der Waals surface area contributed by atoms with E-state index >= 15 is 0 Å². The molecule has 0 saturated heterocycles. The molecule has 2 aromatic carbocycles. The Hall–Kier alpha value is -2.79. The number of rotatable bonds is 4.